The standard InChI is InChI=1S/C13H22N2O/c1-5-15(10(2)3)9-11-6-7-13(16-4)12(14)8-11/h6-8,10H,5,9,14H2,1-4H3. The lowest BCUT2D eigenvalue weighted by atomic mass is 10.1. The van der Waals surface area contributed by atoms with Crippen LogP contribution in [0.3, 0.4) is 0 Å². The molecule has 3 heteroatoms. The Labute approximate surface area is 98.2 Å². The molecule has 0 atom stereocenters. The number of nitrogens with zero attached hydrogens (tertiary/aromatic N) is 1. The van der Waals surface area contributed by atoms with E-state index >= 15 is 0 Å². The maximum atomic E-state index is 5.88. The third-order valence-electron chi connectivity index (χ3n) is 2.82. The molecule has 16 heavy (non-hydrogen) atoms. The molecule has 0 heterocycles. The van der Waals surface area contributed by atoms with Gasteiger partial charge in [-0.05, 0) is 38.1 Å². The van der Waals surface area contributed by atoms with Gasteiger partial charge in [0.25, 0.3) is 0 Å². The summed E-state index contributed by atoms with van der Waals surface area (Å²) in [5.74, 6) is 0.747. The Bertz CT molecular complexity index is 337. The molecule has 90 valence electrons. The van der Waals surface area contributed by atoms with Crippen LogP contribution in [0.1, 0.15) is 26.3 Å². The van der Waals surface area contributed by atoms with Gasteiger partial charge in [0.1, 0.15) is 5.75 Å². The summed E-state index contributed by atoms with van der Waals surface area (Å²) in [5, 5.41) is 0. The molecular formula is C13H22N2O. The first-order valence-corrected chi connectivity index (χ1v) is 5.75. The van der Waals surface area contributed by atoms with Gasteiger partial charge in [-0.25, -0.2) is 0 Å². The normalized spacial score (nSPS) is 11.1. The fourth-order valence-corrected chi connectivity index (χ4v) is 1.78. The molecule has 1 aromatic carbocycles. The monoisotopic (exact) mass is 222 g/mol. The maximum absolute atomic E-state index is 5.88. The predicted molar refractivity (Wildman–Crippen MR) is 68.6 cm³/mol. The van der Waals surface area contributed by atoms with Crippen LogP contribution in [0.2, 0.25) is 0 Å². The zero-order valence-electron chi connectivity index (χ0n) is 10.7. The molecule has 0 aliphatic heterocycles. The molecule has 1 rings (SSSR count). The third kappa shape index (κ3) is 3.14. The lowest BCUT2D eigenvalue weighted by Crippen LogP contribution is -2.29. The summed E-state index contributed by atoms with van der Waals surface area (Å²) < 4.78 is 5.14. The van der Waals surface area contributed by atoms with E-state index in [0.717, 1.165) is 18.8 Å². The van der Waals surface area contributed by atoms with Crippen molar-refractivity contribution < 1.29 is 4.74 Å². The highest BCUT2D eigenvalue weighted by Crippen LogP contribution is 2.22. The molecule has 0 fully saturated rings. The van der Waals surface area contributed by atoms with Gasteiger partial charge >= 0.3 is 0 Å². The van der Waals surface area contributed by atoms with Crippen molar-refractivity contribution in [3.8, 4) is 5.75 Å². The van der Waals surface area contributed by atoms with Crippen LogP contribution in [0.5, 0.6) is 5.75 Å². The summed E-state index contributed by atoms with van der Waals surface area (Å²) in [6.45, 7) is 8.56. The van der Waals surface area contributed by atoms with Gasteiger partial charge in [0.2, 0.25) is 0 Å². The van der Waals surface area contributed by atoms with Crippen molar-refractivity contribution in [3.05, 3.63) is 23.8 Å². The molecule has 0 aliphatic rings. The van der Waals surface area contributed by atoms with Gasteiger partial charge in [0, 0.05) is 12.6 Å². The summed E-state index contributed by atoms with van der Waals surface area (Å²) in [6, 6.07) is 6.54. The summed E-state index contributed by atoms with van der Waals surface area (Å²) in [4.78, 5) is 2.39. The van der Waals surface area contributed by atoms with Crippen LogP contribution in [-0.4, -0.2) is 24.6 Å². The van der Waals surface area contributed by atoms with Crippen molar-refractivity contribution in [1.82, 2.24) is 4.90 Å². The van der Waals surface area contributed by atoms with Gasteiger partial charge in [0.15, 0.2) is 0 Å². The molecule has 0 saturated carbocycles. The van der Waals surface area contributed by atoms with Gasteiger partial charge in [-0.1, -0.05) is 13.0 Å². The van der Waals surface area contributed by atoms with E-state index in [0.29, 0.717) is 11.7 Å². The largest absolute Gasteiger partial charge is 0.495 e. The number of nitrogen functional groups attached to an aromatic ring is 1. The van der Waals surface area contributed by atoms with Gasteiger partial charge in [-0.3, -0.25) is 4.90 Å². The molecule has 0 radical (unpaired) electrons. The number of anilines is 1. The van der Waals surface area contributed by atoms with Gasteiger partial charge in [-0.15, -0.1) is 0 Å². The van der Waals surface area contributed by atoms with E-state index in [1.807, 2.05) is 12.1 Å². The number of methoxy groups -OCH3 is 1. The van der Waals surface area contributed by atoms with Crippen LogP contribution in [0, 0.1) is 0 Å². The molecule has 3 nitrogen and oxygen atoms in total. The highest BCUT2D eigenvalue weighted by molar-refractivity contribution is 5.54. The van der Waals surface area contributed by atoms with Crippen LogP contribution in [-0.2, 0) is 6.54 Å². The number of ether oxygens (including phenoxy) is 1. The van der Waals surface area contributed by atoms with Crippen molar-refractivity contribution in [2.45, 2.75) is 33.4 Å². The number of hydrogen-bond acceptors (Lipinski definition) is 3. The van der Waals surface area contributed by atoms with E-state index in [1.54, 1.807) is 7.11 Å². The fourth-order valence-electron chi connectivity index (χ4n) is 1.78. The first-order chi connectivity index (χ1) is 7.58. The fraction of sp³-hybridized carbons (Fsp3) is 0.538. The first-order valence-electron chi connectivity index (χ1n) is 5.75. The van der Waals surface area contributed by atoms with E-state index in [-0.39, 0.29) is 0 Å². The second-order valence-electron chi connectivity index (χ2n) is 4.23. The van der Waals surface area contributed by atoms with E-state index in [1.165, 1.54) is 5.56 Å². The average molecular weight is 222 g/mol. The topological polar surface area (TPSA) is 38.5 Å². The highest BCUT2D eigenvalue weighted by atomic mass is 16.5. The van der Waals surface area contributed by atoms with E-state index in [9.17, 15) is 0 Å². The van der Waals surface area contributed by atoms with E-state index < -0.39 is 0 Å². The Balaban J connectivity index is 2.78. The van der Waals surface area contributed by atoms with E-state index in [4.69, 9.17) is 10.5 Å². The van der Waals surface area contributed by atoms with Crippen LogP contribution < -0.4 is 10.5 Å². The molecule has 1 aromatic rings. The van der Waals surface area contributed by atoms with Crippen molar-refractivity contribution in [2.75, 3.05) is 19.4 Å². The van der Waals surface area contributed by atoms with Crippen LogP contribution in [0.25, 0.3) is 0 Å². The summed E-state index contributed by atoms with van der Waals surface area (Å²) >= 11 is 0. The van der Waals surface area contributed by atoms with E-state index in [2.05, 4.69) is 31.7 Å². The van der Waals surface area contributed by atoms with Gasteiger partial charge in [0.05, 0.1) is 12.8 Å². The highest BCUT2D eigenvalue weighted by Gasteiger charge is 2.08. The third-order valence-corrected chi connectivity index (χ3v) is 2.82. The van der Waals surface area contributed by atoms with Crippen LogP contribution in [0.4, 0.5) is 5.69 Å². The molecule has 0 unspecified atom stereocenters. The number of hydrogen-bond donors (Lipinski definition) is 1. The Morgan fingerprint density at radius 1 is 1.38 bits per heavy atom. The first kappa shape index (κ1) is 12.8. The number of nitrogens with two attached hydrogens (primary N) is 1. The molecule has 0 aliphatic carbocycles. The summed E-state index contributed by atoms with van der Waals surface area (Å²) in [7, 11) is 1.64. The quantitative estimate of drug-likeness (QED) is 0.778. The number of benzene rings is 1. The Morgan fingerprint density at radius 3 is 2.50 bits per heavy atom. The minimum absolute atomic E-state index is 0.549. The molecule has 0 saturated heterocycles. The Morgan fingerprint density at radius 2 is 2.06 bits per heavy atom. The second-order valence-corrected chi connectivity index (χ2v) is 4.23. The molecular weight excluding hydrogens is 200 g/mol. The molecule has 0 amide bonds. The SMILES string of the molecule is CCN(Cc1ccc(OC)c(N)c1)C(C)C. The van der Waals surface area contributed by atoms with Crippen LogP contribution in [0.15, 0.2) is 18.2 Å². The van der Waals surface area contributed by atoms with Gasteiger partial charge < -0.3 is 10.5 Å². The number of rotatable bonds is 5. The Hall–Kier alpha value is -1.22. The lowest BCUT2D eigenvalue weighted by Gasteiger charge is -2.25. The van der Waals surface area contributed by atoms with Crippen molar-refractivity contribution in [2.24, 2.45) is 0 Å². The van der Waals surface area contributed by atoms with Crippen molar-refractivity contribution in [3.63, 3.8) is 0 Å². The summed E-state index contributed by atoms with van der Waals surface area (Å²) in [6.07, 6.45) is 0. The maximum Gasteiger partial charge on any atom is 0.141 e. The minimum Gasteiger partial charge on any atom is -0.495 e. The lowest BCUT2D eigenvalue weighted by molar-refractivity contribution is 0.225. The second kappa shape index (κ2) is 5.75. The smallest absolute Gasteiger partial charge is 0.141 e. The predicted octanol–water partition coefficient (Wildman–Crippen LogP) is 2.51. The van der Waals surface area contributed by atoms with Gasteiger partial charge in [-0.2, -0.15) is 0 Å². The molecule has 2 N–H and O–H groups in total. The molecule has 0 aromatic heterocycles. The molecule has 0 spiro atoms. The van der Waals surface area contributed by atoms with Crippen molar-refractivity contribution in [1.29, 1.82) is 0 Å². The summed E-state index contributed by atoms with van der Waals surface area (Å²) in [5.41, 5.74) is 7.82. The minimum atomic E-state index is 0.549. The van der Waals surface area contributed by atoms with Crippen molar-refractivity contribution >= 4 is 5.69 Å². The molecule has 0 bridgehead atoms. The average Bonchev–Trinajstić information content (AvgIpc) is 2.25. The zero-order chi connectivity index (χ0) is 12.1. The van der Waals surface area contributed by atoms with Crippen LogP contribution >= 0.6 is 0 Å². The zero-order valence-corrected chi connectivity index (χ0v) is 10.7. The Kier molecular flexibility index (Phi) is 4.62.